The SMILES string of the molecule is CC(C)CN(Cc1ccc(N2CCN(C(=O)[C@@H](C)O)CC2)cc1)S(=O)(=O)Cc1ccccc1. The molecule has 1 amide bonds. The van der Waals surface area contributed by atoms with Crippen molar-refractivity contribution in [3.63, 3.8) is 0 Å². The van der Waals surface area contributed by atoms with Gasteiger partial charge in [0.2, 0.25) is 10.0 Å². The van der Waals surface area contributed by atoms with Gasteiger partial charge >= 0.3 is 0 Å². The van der Waals surface area contributed by atoms with E-state index in [9.17, 15) is 18.3 Å². The normalized spacial score (nSPS) is 15.8. The van der Waals surface area contributed by atoms with Crippen molar-refractivity contribution in [3.05, 3.63) is 65.7 Å². The van der Waals surface area contributed by atoms with Gasteiger partial charge in [-0.05, 0) is 36.1 Å². The van der Waals surface area contributed by atoms with E-state index in [1.54, 1.807) is 9.21 Å². The van der Waals surface area contributed by atoms with E-state index >= 15 is 0 Å². The molecule has 0 spiro atoms. The van der Waals surface area contributed by atoms with Crippen molar-refractivity contribution in [1.29, 1.82) is 0 Å². The lowest BCUT2D eigenvalue weighted by molar-refractivity contribution is -0.139. The molecule has 0 saturated carbocycles. The number of aliphatic hydroxyl groups is 1. The van der Waals surface area contributed by atoms with Gasteiger partial charge in [-0.3, -0.25) is 4.79 Å². The number of benzene rings is 2. The van der Waals surface area contributed by atoms with Crippen LogP contribution in [0.25, 0.3) is 0 Å². The van der Waals surface area contributed by atoms with Gasteiger partial charge < -0.3 is 14.9 Å². The van der Waals surface area contributed by atoms with Gasteiger partial charge in [0.15, 0.2) is 0 Å². The average Bonchev–Trinajstić information content (AvgIpc) is 2.79. The van der Waals surface area contributed by atoms with Gasteiger partial charge in [0.25, 0.3) is 5.91 Å². The topological polar surface area (TPSA) is 81.2 Å². The van der Waals surface area contributed by atoms with Gasteiger partial charge in [0.05, 0.1) is 5.75 Å². The Labute approximate surface area is 197 Å². The number of sulfonamides is 1. The van der Waals surface area contributed by atoms with E-state index < -0.39 is 16.1 Å². The van der Waals surface area contributed by atoms with Crippen LogP contribution in [0.4, 0.5) is 5.69 Å². The molecular weight excluding hydrogens is 438 g/mol. The fraction of sp³-hybridized carbons (Fsp3) is 0.480. The van der Waals surface area contributed by atoms with Gasteiger partial charge in [-0.15, -0.1) is 0 Å². The van der Waals surface area contributed by atoms with E-state index in [0.29, 0.717) is 39.3 Å². The molecule has 2 aromatic carbocycles. The Balaban J connectivity index is 1.65. The summed E-state index contributed by atoms with van der Waals surface area (Å²) < 4.78 is 27.9. The maximum absolute atomic E-state index is 13.2. The number of piperazine rings is 1. The third-order valence-electron chi connectivity index (χ3n) is 5.76. The smallest absolute Gasteiger partial charge is 0.251 e. The molecule has 1 atom stereocenters. The summed E-state index contributed by atoms with van der Waals surface area (Å²) >= 11 is 0. The van der Waals surface area contributed by atoms with Crippen LogP contribution >= 0.6 is 0 Å². The Kier molecular flexibility index (Phi) is 8.51. The predicted octanol–water partition coefficient (Wildman–Crippen LogP) is 2.70. The zero-order chi connectivity index (χ0) is 24.0. The van der Waals surface area contributed by atoms with Crippen LogP contribution in [0.3, 0.4) is 0 Å². The highest BCUT2D eigenvalue weighted by Gasteiger charge is 2.25. The molecule has 33 heavy (non-hydrogen) atoms. The van der Waals surface area contributed by atoms with Crippen LogP contribution < -0.4 is 4.90 Å². The Bertz CT molecular complexity index is 1000. The number of rotatable bonds is 9. The number of nitrogens with zero attached hydrogens (tertiary/aromatic N) is 3. The summed E-state index contributed by atoms with van der Waals surface area (Å²) in [6, 6.07) is 17.3. The first-order valence-electron chi connectivity index (χ1n) is 11.5. The summed E-state index contributed by atoms with van der Waals surface area (Å²) in [5.74, 6) is -0.0175. The Morgan fingerprint density at radius 3 is 2.09 bits per heavy atom. The molecule has 2 aromatic rings. The predicted molar refractivity (Wildman–Crippen MR) is 131 cm³/mol. The maximum atomic E-state index is 13.2. The molecule has 0 aliphatic carbocycles. The number of aliphatic hydroxyl groups excluding tert-OH is 1. The zero-order valence-electron chi connectivity index (χ0n) is 19.7. The highest BCUT2D eigenvalue weighted by Crippen LogP contribution is 2.21. The number of hydrogen-bond acceptors (Lipinski definition) is 5. The lowest BCUT2D eigenvalue weighted by Crippen LogP contribution is -2.51. The van der Waals surface area contributed by atoms with Crippen LogP contribution in [0.1, 0.15) is 31.9 Å². The molecule has 0 bridgehead atoms. The summed E-state index contributed by atoms with van der Waals surface area (Å²) in [5, 5.41) is 9.50. The van der Waals surface area contributed by atoms with Crippen LogP contribution in [0.15, 0.2) is 54.6 Å². The third kappa shape index (κ3) is 7.03. The van der Waals surface area contributed by atoms with Crippen molar-refractivity contribution in [2.24, 2.45) is 5.92 Å². The summed E-state index contributed by atoms with van der Waals surface area (Å²) in [6.07, 6.45) is -0.970. The maximum Gasteiger partial charge on any atom is 0.251 e. The minimum absolute atomic E-state index is 0.00585. The number of hydrogen-bond donors (Lipinski definition) is 1. The first-order valence-corrected chi connectivity index (χ1v) is 13.1. The van der Waals surface area contributed by atoms with Gasteiger partial charge in [0.1, 0.15) is 6.10 Å². The molecule has 0 unspecified atom stereocenters. The molecule has 3 rings (SSSR count). The molecule has 180 valence electrons. The highest BCUT2D eigenvalue weighted by atomic mass is 32.2. The van der Waals surface area contributed by atoms with Crippen molar-refractivity contribution in [2.45, 2.75) is 39.2 Å². The van der Waals surface area contributed by atoms with Crippen LogP contribution in [0.5, 0.6) is 0 Å². The number of carbonyl (C=O) groups is 1. The van der Waals surface area contributed by atoms with Crippen molar-refractivity contribution in [2.75, 3.05) is 37.6 Å². The molecule has 1 aliphatic rings. The highest BCUT2D eigenvalue weighted by molar-refractivity contribution is 7.88. The Morgan fingerprint density at radius 1 is 0.939 bits per heavy atom. The standard InChI is InChI=1S/C25H35N3O4S/c1-20(2)17-28(33(31,32)19-23-7-5-4-6-8-23)18-22-9-11-24(12-10-22)26-13-15-27(16-14-26)25(30)21(3)29/h4-12,20-21,29H,13-19H2,1-3H3/t21-/m1/s1. The number of amides is 1. The Hall–Kier alpha value is -2.42. The van der Waals surface area contributed by atoms with Crippen LogP contribution in [0.2, 0.25) is 0 Å². The van der Waals surface area contributed by atoms with Crippen molar-refractivity contribution >= 4 is 21.6 Å². The van der Waals surface area contributed by atoms with Gasteiger partial charge in [0, 0.05) is 45.0 Å². The van der Waals surface area contributed by atoms with E-state index in [0.717, 1.165) is 16.8 Å². The molecule has 1 aliphatic heterocycles. The zero-order valence-corrected chi connectivity index (χ0v) is 20.5. The molecule has 7 nitrogen and oxygen atoms in total. The first kappa shape index (κ1) is 25.2. The van der Waals surface area contributed by atoms with Gasteiger partial charge in [-0.2, -0.15) is 4.31 Å². The van der Waals surface area contributed by atoms with E-state index in [4.69, 9.17) is 0 Å². The van der Waals surface area contributed by atoms with Gasteiger partial charge in [-0.25, -0.2) is 8.42 Å². The van der Waals surface area contributed by atoms with Crippen LogP contribution in [-0.4, -0.2) is 67.5 Å². The molecule has 0 aromatic heterocycles. The lowest BCUT2D eigenvalue weighted by atomic mass is 10.1. The van der Waals surface area contributed by atoms with Crippen molar-refractivity contribution in [3.8, 4) is 0 Å². The molecule has 1 heterocycles. The molecule has 1 N–H and O–H groups in total. The molecule has 1 fully saturated rings. The largest absolute Gasteiger partial charge is 0.384 e. The minimum atomic E-state index is -3.46. The average molecular weight is 474 g/mol. The molecular formula is C25H35N3O4S. The third-order valence-corrected chi connectivity index (χ3v) is 7.53. The second kappa shape index (κ2) is 11.1. The van der Waals surface area contributed by atoms with Gasteiger partial charge in [-0.1, -0.05) is 56.3 Å². The summed E-state index contributed by atoms with van der Waals surface area (Å²) in [5.41, 5.74) is 2.78. The number of anilines is 1. The second-order valence-corrected chi connectivity index (χ2v) is 11.1. The van der Waals surface area contributed by atoms with Crippen LogP contribution in [0, 0.1) is 5.92 Å². The van der Waals surface area contributed by atoms with Crippen LogP contribution in [-0.2, 0) is 27.1 Å². The second-order valence-electron chi connectivity index (χ2n) is 9.08. The van der Waals surface area contributed by atoms with Crippen molar-refractivity contribution < 1.29 is 18.3 Å². The summed E-state index contributed by atoms with van der Waals surface area (Å²) in [7, 11) is -3.46. The van der Waals surface area contributed by atoms with E-state index in [1.165, 1.54) is 6.92 Å². The fourth-order valence-electron chi connectivity index (χ4n) is 4.02. The first-order chi connectivity index (χ1) is 15.7. The summed E-state index contributed by atoms with van der Waals surface area (Å²) in [6.45, 7) is 8.89. The lowest BCUT2D eigenvalue weighted by Gasteiger charge is -2.36. The van der Waals surface area contributed by atoms with Crippen molar-refractivity contribution in [1.82, 2.24) is 9.21 Å². The Morgan fingerprint density at radius 2 is 1.55 bits per heavy atom. The summed E-state index contributed by atoms with van der Waals surface area (Å²) in [4.78, 5) is 15.9. The molecule has 1 saturated heterocycles. The number of carbonyl (C=O) groups excluding carboxylic acids is 1. The minimum Gasteiger partial charge on any atom is -0.384 e. The fourth-order valence-corrected chi connectivity index (χ4v) is 5.69. The van der Waals surface area contributed by atoms with E-state index in [1.807, 2.05) is 68.4 Å². The quantitative estimate of drug-likeness (QED) is 0.606. The monoisotopic (exact) mass is 473 g/mol. The van der Waals surface area contributed by atoms with E-state index in [2.05, 4.69) is 4.90 Å². The molecule has 8 heteroatoms. The van der Waals surface area contributed by atoms with E-state index in [-0.39, 0.29) is 17.6 Å². The molecule has 0 radical (unpaired) electrons.